The molecule has 5 heteroatoms. The van der Waals surface area contributed by atoms with E-state index in [2.05, 4.69) is 34.1 Å². The summed E-state index contributed by atoms with van der Waals surface area (Å²) in [6.45, 7) is 6.64. The average Bonchev–Trinajstić information content (AvgIpc) is 2.48. The number of nitrogens with two attached hydrogens (primary N) is 1. The molecule has 1 saturated heterocycles. The molecule has 1 aromatic heterocycles. The van der Waals surface area contributed by atoms with Crippen molar-refractivity contribution in [2.45, 2.75) is 46.0 Å². The number of nitrogen functional groups attached to an aromatic ring is 1. The lowest BCUT2D eigenvalue weighted by atomic mass is 9.94. The van der Waals surface area contributed by atoms with E-state index in [1.54, 1.807) is 6.33 Å². The van der Waals surface area contributed by atoms with Gasteiger partial charge in [-0.15, -0.1) is 0 Å². The Morgan fingerprint density at radius 2 is 2.05 bits per heavy atom. The number of hydrogen-bond donors (Lipinski definition) is 2. The van der Waals surface area contributed by atoms with Gasteiger partial charge in [0.05, 0.1) is 0 Å². The molecule has 19 heavy (non-hydrogen) atoms. The van der Waals surface area contributed by atoms with E-state index >= 15 is 0 Å². The first-order valence-electron chi connectivity index (χ1n) is 7.35. The quantitative estimate of drug-likeness (QED) is 0.630. The third-order valence-electron chi connectivity index (χ3n) is 4.05. The number of nitrogens with one attached hydrogen (secondary N) is 1. The molecule has 1 aromatic rings. The Kier molecular flexibility index (Phi) is 4.96. The Bertz CT molecular complexity index is 399. The molecule has 0 spiro atoms. The highest BCUT2D eigenvalue weighted by Crippen LogP contribution is 2.29. The lowest BCUT2D eigenvalue weighted by Crippen LogP contribution is -2.35. The van der Waals surface area contributed by atoms with E-state index in [1.165, 1.54) is 19.3 Å². The fourth-order valence-electron chi connectivity index (χ4n) is 2.83. The number of nitrogens with zero attached hydrogens (tertiary/aromatic N) is 3. The van der Waals surface area contributed by atoms with E-state index < -0.39 is 0 Å². The van der Waals surface area contributed by atoms with E-state index in [0.29, 0.717) is 0 Å². The first-order valence-corrected chi connectivity index (χ1v) is 7.35. The predicted molar refractivity (Wildman–Crippen MR) is 79.1 cm³/mol. The Hall–Kier alpha value is -1.36. The van der Waals surface area contributed by atoms with Crippen molar-refractivity contribution in [3.8, 4) is 0 Å². The van der Waals surface area contributed by atoms with E-state index in [4.69, 9.17) is 5.84 Å². The summed E-state index contributed by atoms with van der Waals surface area (Å²) in [5.74, 6) is 8.28. The van der Waals surface area contributed by atoms with Gasteiger partial charge in [-0.25, -0.2) is 15.8 Å². The molecule has 0 bridgehead atoms. The fraction of sp³-hybridized carbons (Fsp3) is 0.714. The summed E-state index contributed by atoms with van der Waals surface area (Å²) in [4.78, 5) is 11.1. The van der Waals surface area contributed by atoms with Crippen molar-refractivity contribution in [3.05, 3.63) is 11.9 Å². The molecule has 0 unspecified atom stereocenters. The van der Waals surface area contributed by atoms with E-state index in [-0.39, 0.29) is 0 Å². The summed E-state index contributed by atoms with van der Waals surface area (Å²) in [5, 5.41) is 0. The largest absolute Gasteiger partial charge is 0.356 e. The standard InChI is InChI=1S/C14H25N5/c1-3-5-12-13(18-15)16-10-17-14(12)19-8-6-11(4-2)7-9-19/h10-11H,3-9,15H2,1-2H3,(H,16,17,18). The zero-order chi connectivity index (χ0) is 13.7. The summed E-state index contributed by atoms with van der Waals surface area (Å²) in [7, 11) is 0. The molecule has 0 radical (unpaired) electrons. The van der Waals surface area contributed by atoms with Crippen LogP contribution in [0.15, 0.2) is 6.33 Å². The van der Waals surface area contributed by atoms with Gasteiger partial charge in [0.2, 0.25) is 0 Å². The van der Waals surface area contributed by atoms with Crippen molar-refractivity contribution in [2.24, 2.45) is 11.8 Å². The SMILES string of the molecule is CCCc1c(NN)ncnc1N1CCC(CC)CC1. The lowest BCUT2D eigenvalue weighted by Gasteiger charge is -2.33. The van der Waals surface area contributed by atoms with Crippen molar-refractivity contribution in [1.29, 1.82) is 0 Å². The van der Waals surface area contributed by atoms with E-state index in [0.717, 1.165) is 49.0 Å². The van der Waals surface area contributed by atoms with Crippen molar-refractivity contribution < 1.29 is 0 Å². The van der Waals surface area contributed by atoms with Crippen LogP contribution in [0, 0.1) is 5.92 Å². The van der Waals surface area contributed by atoms with Crippen LogP contribution in [0.2, 0.25) is 0 Å². The van der Waals surface area contributed by atoms with Crippen molar-refractivity contribution >= 4 is 11.6 Å². The van der Waals surface area contributed by atoms with Crippen LogP contribution < -0.4 is 16.2 Å². The Morgan fingerprint density at radius 3 is 2.63 bits per heavy atom. The van der Waals surface area contributed by atoms with E-state index in [9.17, 15) is 0 Å². The van der Waals surface area contributed by atoms with Crippen LogP contribution in [-0.2, 0) is 6.42 Å². The molecule has 2 rings (SSSR count). The summed E-state index contributed by atoms with van der Waals surface area (Å²) >= 11 is 0. The molecular weight excluding hydrogens is 238 g/mol. The smallest absolute Gasteiger partial charge is 0.148 e. The molecule has 5 nitrogen and oxygen atoms in total. The molecule has 1 aliphatic rings. The molecule has 0 atom stereocenters. The lowest BCUT2D eigenvalue weighted by molar-refractivity contribution is 0.393. The highest BCUT2D eigenvalue weighted by molar-refractivity contribution is 5.58. The molecule has 1 aliphatic heterocycles. The second kappa shape index (κ2) is 6.70. The summed E-state index contributed by atoms with van der Waals surface area (Å²) in [6.07, 6.45) is 7.45. The Balaban J connectivity index is 2.19. The second-order valence-electron chi connectivity index (χ2n) is 5.26. The number of aromatic nitrogens is 2. The molecule has 1 fully saturated rings. The van der Waals surface area contributed by atoms with Gasteiger partial charge in [-0.05, 0) is 25.2 Å². The van der Waals surface area contributed by atoms with Crippen molar-refractivity contribution in [2.75, 3.05) is 23.4 Å². The summed E-state index contributed by atoms with van der Waals surface area (Å²) < 4.78 is 0. The van der Waals surface area contributed by atoms with Crippen molar-refractivity contribution in [1.82, 2.24) is 9.97 Å². The van der Waals surface area contributed by atoms with Crippen LogP contribution in [0.1, 0.15) is 45.1 Å². The van der Waals surface area contributed by atoms with Crippen LogP contribution in [-0.4, -0.2) is 23.1 Å². The number of hydrazine groups is 1. The Morgan fingerprint density at radius 1 is 1.32 bits per heavy atom. The van der Waals surface area contributed by atoms with E-state index in [1.807, 2.05) is 0 Å². The van der Waals surface area contributed by atoms with Gasteiger partial charge >= 0.3 is 0 Å². The van der Waals surface area contributed by atoms with Gasteiger partial charge in [-0.1, -0.05) is 26.7 Å². The van der Waals surface area contributed by atoms with Crippen LogP contribution in [0.5, 0.6) is 0 Å². The van der Waals surface area contributed by atoms with Crippen LogP contribution >= 0.6 is 0 Å². The molecule has 0 saturated carbocycles. The Labute approximate surface area is 115 Å². The zero-order valence-corrected chi connectivity index (χ0v) is 12.0. The van der Waals surface area contributed by atoms with Gasteiger partial charge in [0.1, 0.15) is 18.0 Å². The van der Waals surface area contributed by atoms with Gasteiger partial charge in [0, 0.05) is 18.7 Å². The maximum Gasteiger partial charge on any atom is 0.148 e. The summed E-state index contributed by atoms with van der Waals surface area (Å²) in [5.41, 5.74) is 3.86. The second-order valence-corrected chi connectivity index (χ2v) is 5.26. The van der Waals surface area contributed by atoms with Crippen LogP contribution in [0.3, 0.4) is 0 Å². The first kappa shape index (κ1) is 14.1. The molecule has 3 N–H and O–H groups in total. The van der Waals surface area contributed by atoms with Crippen LogP contribution in [0.25, 0.3) is 0 Å². The van der Waals surface area contributed by atoms with Gasteiger partial charge in [0.15, 0.2) is 0 Å². The number of anilines is 2. The molecule has 0 aromatic carbocycles. The highest BCUT2D eigenvalue weighted by atomic mass is 15.3. The van der Waals surface area contributed by atoms with Crippen molar-refractivity contribution in [3.63, 3.8) is 0 Å². The molecular formula is C14H25N5. The fourth-order valence-corrected chi connectivity index (χ4v) is 2.83. The molecule has 106 valence electrons. The number of rotatable bonds is 5. The molecule has 0 amide bonds. The maximum absolute atomic E-state index is 5.56. The van der Waals surface area contributed by atoms with Gasteiger partial charge < -0.3 is 10.3 Å². The minimum absolute atomic E-state index is 0.768. The monoisotopic (exact) mass is 263 g/mol. The summed E-state index contributed by atoms with van der Waals surface area (Å²) in [6, 6.07) is 0. The maximum atomic E-state index is 5.56. The normalized spacial score (nSPS) is 16.7. The number of hydrogen-bond acceptors (Lipinski definition) is 5. The minimum atomic E-state index is 0.768. The third kappa shape index (κ3) is 3.15. The topological polar surface area (TPSA) is 67.1 Å². The predicted octanol–water partition coefficient (Wildman–Crippen LogP) is 2.34. The molecule has 2 heterocycles. The average molecular weight is 263 g/mol. The third-order valence-corrected chi connectivity index (χ3v) is 4.05. The minimum Gasteiger partial charge on any atom is -0.356 e. The van der Waals surface area contributed by atoms with Crippen LogP contribution in [0.4, 0.5) is 11.6 Å². The zero-order valence-electron chi connectivity index (χ0n) is 12.0. The first-order chi connectivity index (χ1) is 9.30. The number of piperidine rings is 1. The highest BCUT2D eigenvalue weighted by Gasteiger charge is 2.22. The van der Waals surface area contributed by atoms with Gasteiger partial charge in [-0.3, -0.25) is 0 Å². The van der Waals surface area contributed by atoms with Gasteiger partial charge in [-0.2, -0.15) is 0 Å². The van der Waals surface area contributed by atoms with Gasteiger partial charge in [0.25, 0.3) is 0 Å². The molecule has 0 aliphatic carbocycles.